The van der Waals surface area contributed by atoms with Gasteiger partial charge in [0.1, 0.15) is 23.9 Å². The summed E-state index contributed by atoms with van der Waals surface area (Å²) in [6, 6.07) is 6.66. The lowest BCUT2D eigenvalue weighted by Gasteiger charge is -2.23. The van der Waals surface area contributed by atoms with Gasteiger partial charge in [-0.3, -0.25) is 9.48 Å². The Morgan fingerprint density at radius 3 is 2.47 bits per heavy atom. The van der Waals surface area contributed by atoms with Crippen molar-refractivity contribution in [1.82, 2.24) is 9.78 Å². The van der Waals surface area contributed by atoms with E-state index in [1.165, 1.54) is 36.2 Å². The summed E-state index contributed by atoms with van der Waals surface area (Å²) in [5.74, 6) is -4.97. The first-order valence-corrected chi connectivity index (χ1v) is 10.5. The van der Waals surface area contributed by atoms with E-state index in [1.807, 2.05) is 0 Å². The van der Waals surface area contributed by atoms with Crippen LogP contribution < -0.4 is 20.3 Å². The smallest absolute Gasteiger partial charge is 0.493 e. The van der Waals surface area contributed by atoms with Gasteiger partial charge in [0, 0.05) is 25.2 Å². The highest BCUT2D eigenvalue weighted by molar-refractivity contribution is 6.33. The van der Waals surface area contributed by atoms with E-state index in [0.29, 0.717) is 0 Å². The number of nitrogens with zero attached hydrogens (tertiary/aromatic N) is 3. The molecule has 2 N–H and O–H groups in total. The average molecular weight is 531 g/mol. The Morgan fingerprint density at radius 1 is 1.19 bits per heavy atom. The Kier molecular flexibility index (Phi) is 8.05. The lowest BCUT2D eigenvalue weighted by molar-refractivity contribution is -0.200. The van der Waals surface area contributed by atoms with Crippen molar-refractivity contribution in [3.8, 4) is 22.8 Å². The van der Waals surface area contributed by atoms with Gasteiger partial charge in [-0.15, -0.1) is 5.06 Å². The van der Waals surface area contributed by atoms with E-state index < -0.39 is 29.4 Å². The fourth-order valence-corrected chi connectivity index (χ4v) is 3.36. The third kappa shape index (κ3) is 5.69. The van der Waals surface area contributed by atoms with Crippen LogP contribution in [0, 0.1) is 5.82 Å². The number of aromatic nitrogens is 2. The molecule has 0 atom stereocenters. The number of methoxy groups -OCH3 is 1. The highest BCUT2D eigenvalue weighted by Gasteiger charge is 2.44. The molecule has 0 aliphatic heterocycles. The van der Waals surface area contributed by atoms with Gasteiger partial charge in [-0.05, 0) is 30.3 Å². The van der Waals surface area contributed by atoms with Crippen molar-refractivity contribution in [2.75, 3.05) is 25.3 Å². The Hall–Kier alpha value is -3.84. The number of aryl methyl sites for hydroxylation is 1. The first kappa shape index (κ1) is 26.8. The van der Waals surface area contributed by atoms with Gasteiger partial charge in [0.2, 0.25) is 0 Å². The van der Waals surface area contributed by atoms with Gasteiger partial charge in [-0.25, -0.2) is 9.18 Å². The molecular formula is C22H19ClF4N4O5. The highest BCUT2D eigenvalue weighted by atomic mass is 35.5. The molecule has 0 fully saturated rings. The molecule has 0 aliphatic rings. The van der Waals surface area contributed by atoms with Crippen LogP contribution in [0.25, 0.3) is 11.3 Å². The molecule has 0 unspecified atom stereocenters. The molecule has 0 spiro atoms. The lowest BCUT2D eigenvalue weighted by atomic mass is 10.1. The minimum absolute atomic E-state index is 0.0290. The number of carbonyl (C=O) groups is 2. The number of amides is 1. The SMILES string of the molecule is COc1ccc(C(=O)N(OC(=O)C(F)(F)F)c2ccc(OCCN)c(-c3c(Cl)cnn3C)c2)c(F)c1. The molecule has 0 saturated heterocycles. The maximum Gasteiger partial charge on any atom is 0.493 e. The summed E-state index contributed by atoms with van der Waals surface area (Å²) < 4.78 is 65.5. The number of carbonyl (C=O) groups excluding carboxylic acids is 2. The summed E-state index contributed by atoms with van der Waals surface area (Å²) in [5.41, 5.74) is 4.90. The molecule has 0 aliphatic carbocycles. The van der Waals surface area contributed by atoms with Crippen molar-refractivity contribution < 1.29 is 41.5 Å². The van der Waals surface area contributed by atoms with Crippen LogP contribution >= 0.6 is 11.6 Å². The standard InChI is InChI=1S/C22H19ClF4N4O5/c1-30-19(16(23)11-29-30)15-9-12(3-6-18(15)35-8-7-28)31(36-21(33)22(25,26)27)20(32)14-5-4-13(34-2)10-17(14)24/h3-6,9-11H,7-8,28H2,1-2H3. The Labute approximate surface area is 206 Å². The second kappa shape index (κ2) is 10.8. The van der Waals surface area contributed by atoms with Crippen molar-refractivity contribution in [3.63, 3.8) is 0 Å². The molecule has 36 heavy (non-hydrogen) atoms. The largest absolute Gasteiger partial charge is 0.497 e. The molecule has 9 nitrogen and oxygen atoms in total. The zero-order valence-corrected chi connectivity index (χ0v) is 19.6. The maximum atomic E-state index is 14.6. The topological polar surface area (TPSA) is 109 Å². The zero-order valence-electron chi connectivity index (χ0n) is 18.8. The molecule has 1 amide bonds. The fraction of sp³-hybridized carbons (Fsp3) is 0.227. The van der Waals surface area contributed by atoms with E-state index in [9.17, 15) is 27.2 Å². The van der Waals surface area contributed by atoms with Gasteiger partial charge in [0.05, 0.1) is 35.3 Å². The van der Waals surface area contributed by atoms with Crippen molar-refractivity contribution in [3.05, 3.63) is 59.0 Å². The van der Waals surface area contributed by atoms with Crippen molar-refractivity contribution in [2.45, 2.75) is 6.18 Å². The number of benzene rings is 2. The Bertz CT molecular complexity index is 1260. The molecule has 3 rings (SSSR count). The minimum Gasteiger partial charge on any atom is -0.497 e. The average Bonchev–Trinajstić information content (AvgIpc) is 3.17. The van der Waals surface area contributed by atoms with Gasteiger partial charge in [0.15, 0.2) is 0 Å². The van der Waals surface area contributed by atoms with E-state index in [2.05, 4.69) is 9.94 Å². The molecule has 1 aromatic heterocycles. The van der Waals surface area contributed by atoms with E-state index >= 15 is 0 Å². The number of hydrogen-bond donors (Lipinski definition) is 1. The molecule has 192 valence electrons. The number of rotatable bonds is 7. The van der Waals surface area contributed by atoms with Crippen LogP contribution in [0.4, 0.5) is 23.2 Å². The first-order chi connectivity index (χ1) is 17.0. The Balaban J connectivity index is 2.17. The van der Waals surface area contributed by atoms with E-state index in [4.69, 9.17) is 26.8 Å². The fourth-order valence-electron chi connectivity index (χ4n) is 3.09. The predicted molar refractivity (Wildman–Crippen MR) is 120 cm³/mol. The Morgan fingerprint density at radius 2 is 1.92 bits per heavy atom. The van der Waals surface area contributed by atoms with Gasteiger partial charge >= 0.3 is 12.1 Å². The first-order valence-electron chi connectivity index (χ1n) is 10.1. The number of ether oxygens (including phenoxy) is 2. The van der Waals surface area contributed by atoms with Crippen LogP contribution in [0.2, 0.25) is 5.02 Å². The molecule has 14 heteroatoms. The van der Waals surface area contributed by atoms with Gasteiger partial charge in [-0.2, -0.15) is 18.3 Å². The minimum atomic E-state index is -5.45. The number of alkyl halides is 3. The van der Waals surface area contributed by atoms with Crippen LogP contribution in [0.3, 0.4) is 0 Å². The second-order valence-electron chi connectivity index (χ2n) is 7.10. The molecule has 3 aromatic rings. The quantitative estimate of drug-likeness (QED) is 0.364. The molecule has 0 saturated carbocycles. The molecule has 0 radical (unpaired) electrons. The van der Waals surface area contributed by atoms with E-state index in [1.54, 1.807) is 7.05 Å². The van der Waals surface area contributed by atoms with Gasteiger partial charge < -0.3 is 20.0 Å². The van der Waals surface area contributed by atoms with Gasteiger partial charge in [0.25, 0.3) is 5.91 Å². The van der Waals surface area contributed by atoms with Gasteiger partial charge in [-0.1, -0.05) is 11.6 Å². The molecular weight excluding hydrogens is 512 g/mol. The third-order valence-corrected chi connectivity index (χ3v) is 5.00. The van der Waals surface area contributed by atoms with Crippen molar-refractivity contribution in [1.29, 1.82) is 0 Å². The number of nitrogens with two attached hydrogens (primary N) is 1. The summed E-state index contributed by atoms with van der Waals surface area (Å²) in [6.45, 7) is 0.218. The number of hydroxylamine groups is 1. The van der Waals surface area contributed by atoms with E-state index in [-0.39, 0.29) is 51.7 Å². The highest BCUT2D eigenvalue weighted by Crippen LogP contribution is 2.38. The normalized spacial score (nSPS) is 11.2. The lowest BCUT2D eigenvalue weighted by Crippen LogP contribution is -2.39. The molecule has 2 aromatic carbocycles. The number of hydrogen-bond acceptors (Lipinski definition) is 7. The van der Waals surface area contributed by atoms with Crippen LogP contribution in [-0.4, -0.2) is 48.1 Å². The predicted octanol–water partition coefficient (Wildman–Crippen LogP) is 3.89. The van der Waals surface area contributed by atoms with Crippen molar-refractivity contribution in [2.24, 2.45) is 12.8 Å². The molecule has 0 bridgehead atoms. The molecule has 1 heterocycles. The maximum absolute atomic E-state index is 14.6. The van der Waals surface area contributed by atoms with Crippen molar-refractivity contribution >= 4 is 29.2 Å². The van der Waals surface area contributed by atoms with Crippen LogP contribution in [0.1, 0.15) is 10.4 Å². The number of halogens is 5. The second-order valence-corrected chi connectivity index (χ2v) is 7.51. The summed E-state index contributed by atoms with van der Waals surface area (Å²) in [7, 11) is 2.80. The summed E-state index contributed by atoms with van der Waals surface area (Å²) in [5, 5.41) is 4.19. The van der Waals surface area contributed by atoms with Crippen LogP contribution in [0.15, 0.2) is 42.6 Å². The summed E-state index contributed by atoms with van der Waals surface area (Å²) in [6.07, 6.45) is -4.13. The van der Waals surface area contributed by atoms with E-state index in [0.717, 1.165) is 18.2 Å². The van der Waals surface area contributed by atoms with Crippen LogP contribution in [-0.2, 0) is 16.7 Å². The van der Waals surface area contributed by atoms with Crippen LogP contribution in [0.5, 0.6) is 11.5 Å². The zero-order chi connectivity index (χ0) is 26.6. The summed E-state index contributed by atoms with van der Waals surface area (Å²) in [4.78, 5) is 29.2. The number of anilines is 1. The monoisotopic (exact) mass is 530 g/mol. The third-order valence-electron chi connectivity index (χ3n) is 4.72. The summed E-state index contributed by atoms with van der Waals surface area (Å²) >= 11 is 6.23.